The minimum atomic E-state index is -0.478. The maximum atomic E-state index is 13.5. The molecular weight excluding hydrogens is 341 g/mol. The van der Waals surface area contributed by atoms with Gasteiger partial charge in [0.15, 0.2) is 5.82 Å². The summed E-state index contributed by atoms with van der Waals surface area (Å²) in [6.45, 7) is 0.445. The molecule has 5 nitrogen and oxygen atoms in total. The maximum Gasteiger partial charge on any atom is 0.162 e. The number of hydrazine groups is 1. The molecule has 25 heavy (non-hydrogen) atoms. The number of hydrogen-bond donors (Lipinski definition) is 1. The second-order valence-corrected chi connectivity index (χ2v) is 5.87. The summed E-state index contributed by atoms with van der Waals surface area (Å²) in [5.74, 6) is 0.0984. The molecule has 0 bridgehead atoms. The van der Waals surface area contributed by atoms with Gasteiger partial charge in [0.1, 0.15) is 11.9 Å². The fraction of sp³-hybridized carbons (Fsp3) is 0.0556. The van der Waals surface area contributed by atoms with E-state index in [1.165, 1.54) is 6.07 Å². The number of hydrogen-bond acceptors (Lipinski definition) is 5. The minimum absolute atomic E-state index is 0.0378. The summed E-state index contributed by atoms with van der Waals surface area (Å²) in [4.78, 5) is 9.01. The summed E-state index contributed by atoms with van der Waals surface area (Å²) in [5, 5.41) is 11.0. The lowest BCUT2D eigenvalue weighted by molar-refractivity contribution is 0.382. The second-order valence-electron chi connectivity index (χ2n) is 5.46. The number of aliphatic imine (C=N–C) groups is 1. The Morgan fingerprint density at radius 3 is 3.00 bits per heavy atom. The van der Waals surface area contributed by atoms with Crippen LogP contribution in [0.3, 0.4) is 0 Å². The minimum Gasteiger partial charge on any atom is -0.266 e. The number of nitriles is 1. The topological polar surface area (TPSA) is 64.3 Å². The van der Waals surface area contributed by atoms with Gasteiger partial charge in [-0.05, 0) is 36.4 Å². The largest absolute Gasteiger partial charge is 0.266 e. The van der Waals surface area contributed by atoms with E-state index in [4.69, 9.17) is 11.6 Å². The Kier molecular flexibility index (Phi) is 3.80. The molecule has 1 aromatic heterocycles. The molecule has 0 amide bonds. The molecule has 0 saturated heterocycles. The highest BCUT2D eigenvalue weighted by molar-refractivity contribution is 6.31. The van der Waals surface area contributed by atoms with Crippen LogP contribution in [0, 0.1) is 17.1 Å². The van der Waals surface area contributed by atoms with Crippen LogP contribution in [-0.4, -0.2) is 22.2 Å². The fourth-order valence-electron chi connectivity index (χ4n) is 2.73. The van der Waals surface area contributed by atoms with Crippen LogP contribution < -0.4 is 5.43 Å². The summed E-state index contributed by atoms with van der Waals surface area (Å²) < 4.78 is 13.5. The average Bonchev–Trinajstić information content (AvgIpc) is 3.06. The monoisotopic (exact) mass is 351 g/mol. The first-order chi connectivity index (χ1) is 12.2. The van der Waals surface area contributed by atoms with Crippen LogP contribution in [-0.2, 0) is 0 Å². The Labute approximate surface area is 148 Å². The molecule has 7 heteroatoms. The van der Waals surface area contributed by atoms with Crippen LogP contribution in [0.15, 0.2) is 65.2 Å². The molecule has 0 radical (unpaired) electrons. The smallest absolute Gasteiger partial charge is 0.162 e. The van der Waals surface area contributed by atoms with Crippen LogP contribution in [0.25, 0.3) is 11.3 Å². The van der Waals surface area contributed by atoms with Crippen molar-refractivity contribution in [2.24, 2.45) is 4.99 Å². The third kappa shape index (κ3) is 2.70. The van der Waals surface area contributed by atoms with E-state index in [1.807, 2.05) is 18.3 Å². The zero-order chi connectivity index (χ0) is 17.4. The predicted octanol–water partition coefficient (Wildman–Crippen LogP) is 3.41. The molecule has 3 heterocycles. The zero-order valence-corrected chi connectivity index (χ0v) is 13.6. The van der Waals surface area contributed by atoms with Crippen LogP contribution in [0.4, 0.5) is 4.39 Å². The molecule has 1 N–H and O–H groups in total. The number of allylic oxidation sites excluding steroid dienone is 1. The highest BCUT2D eigenvalue weighted by atomic mass is 35.5. The van der Waals surface area contributed by atoms with Crippen LogP contribution >= 0.6 is 11.6 Å². The van der Waals surface area contributed by atoms with E-state index in [0.29, 0.717) is 34.9 Å². The molecule has 2 aliphatic rings. The number of fused-ring (bicyclic) bond motifs is 1. The van der Waals surface area contributed by atoms with Crippen molar-refractivity contribution in [3.05, 3.63) is 76.6 Å². The summed E-state index contributed by atoms with van der Waals surface area (Å²) in [5.41, 5.74) is 6.41. The molecule has 0 unspecified atom stereocenters. The number of rotatable bonds is 2. The number of benzene rings is 1. The number of halogens is 2. The zero-order valence-electron chi connectivity index (χ0n) is 12.9. The molecule has 2 aromatic rings. The molecule has 0 spiro atoms. The van der Waals surface area contributed by atoms with Crippen molar-refractivity contribution in [3.63, 3.8) is 0 Å². The van der Waals surface area contributed by atoms with Gasteiger partial charge in [-0.25, -0.2) is 14.8 Å². The van der Waals surface area contributed by atoms with Crippen molar-refractivity contribution in [3.8, 4) is 17.3 Å². The number of nitrogens with one attached hydrogen (secondary N) is 1. The highest BCUT2D eigenvalue weighted by Gasteiger charge is 2.24. The van der Waals surface area contributed by atoms with Gasteiger partial charge in [-0.2, -0.15) is 5.26 Å². The maximum absolute atomic E-state index is 13.5. The van der Waals surface area contributed by atoms with Gasteiger partial charge in [0.2, 0.25) is 0 Å². The van der Waals surface area contributed by atoms with E-state index >= 15 is 0 Å². The summed E-state index contributed by atoms with van der Waals surface area (Å²) in [6.07, 6.45) is 5.31. The Bertz CT molecular complexity index is 1000. The first-order valence-electron chi connectivity index (χ1n) is 7.51. The van der Waals surface area contributed by atoms with Crippen molar-refractivity contribution >= 4 is 17.3 Å². The molecule has 1 aromatic carbocycles. The van der Waals surface area contributed by atoms with Crippen LogP contribution in [0.1, 0.15) is 5.56 Å². The van der Waals surface area contributed by atoms with Crippen molar-refractivity contribution in [2.75, 3.05) is 6.54 Å². The molecule has 0 atom stereocenters. The van der Waals surface area contributed by atoms with Gasteiger partial charge in [0, 0.05) is 23.5 Å². The molecule has 4 rings (SSSR count). The van der Waals surface area contributed by atoms with E-state index in [9.17, 15) is 9.65 Å². The second kappa shape index (κ2) is 6.13. The molecule has 0 fully saturated rings. The normalized spacial score (nSPS) is 15.9. The number of aromatic nitrogens is 1. The van der Waals surface area contributed by atoms with Crippen molar-refractivity contribution < 1.29 is 4.39 Å². The third-order valence-electron chi connectivity index (χ3n) is 3.94. The van der Waals surface area contributed by atoms with E-state index < -0.39 is 5.82 Å². The fourth-order valence-corrected chi connectivity index (χ4v) is 2.91. The lowest BCUT2D eigenvalue weighted by Gasteiger charge is -2.20. The van der Waals surface area contributed by atoms with Gasteiger partial charge in [0.05, 0.1) is 28.5 Å². The Balaban J connectivity index is 1.84. The van der Waals surface area contributed by atoms with E-state index in [1.54, 1.807) is 29.4 Å². The molecular formula is C18H11ClFN5. The quantitative estimate of drug-likeness (QED) is 0.900. The number of nitrogens with zero attached hydrogens (tertiary/aromatic N) is 4. The SMILES string of the molecule is N#CC1=C2N=C(c3cccnc3-c3ccc(F)c(Cl)c3)C=CN2NC1. The molecule has 2 aliphatic heterocycles. The van der Waals surface area contributed by atoms with Gasteiger partial charge in [-0.15, -0.1) is 0 Å². The van der Waals surface area contributed by atoms with Gasteiger partial charge in [-0.3, -0.25) is 9.99 Å². The Morgan fingerprint density at radius 1 is 1.32 bits per heavy atom. The standard InChI is InChI=1S/C18H11ClFN5/c19-14-8-11(3-4-15(14)20)17-13(2-1-6-22-17)16-5-7-25-18(24-16)12(9-21)10-23-25/h1-8,23H,10H2. The molecule has 0 aliphatic carbocycles. The third-order valence-corrected chi connectivity index (χ3v) is 4.23. The Morgan fingerprint density at radius 2 is 2.20 bits per heavy atom. The average molecular weight is 352 g/mol. The molecule has 122 valence electrons. The van der Waals surface area contributed by atoms with Crippen molar-refractivity contribution in [2.45, 2.75) is 0 Å². The number of pyridine rings is 1. The summed E-state index contributed by atoms with van der Waals surface area (Å²) in [7, 11) is 0. The first-order valence-corrected chi connectivity index (χ1v) is 7.89. The van der Waals surface area contributed by atoms with Crippen molar-refractivity contribution in [1.82, 2.24) is 15.4 Å². The summed E-state index contributed by atoms with van der Waals surface area (Å²) in [6, 6.07) is 10.3. The van der Waals surface area contributed by atoms with Crippen molar-refractivity contribution in [1.29, 1.82) is 5.26 Å². The van der Waals surface area contributed by atoms with Gasteiger partial charge in [0.25, 0.3) is 0 Å². The van der Waals surface area contributed by atoms with E-state index in [-0.39, 0.29) is 5.02 Å². The molecule has 0 saturated carbocycles. The Hall–Kier alpha value is -3.01. The lowest BCUT2D eigenvalue weighted by Crippen LogP contribution is -2.28. The van der Waals surface area contributed by atoms with Crippen LogP contribution in [0.2, 0.25) is 5.02 Å². The van der Waals surface area contributed by atoms with Gasteiger partial charge < -0.3 is 0 Å². The van der Waals surface area contributed by atoms with Crippen LogP contribution in [0.5, 0.6) is 0 Å². The van der Waals surface area contributed by atoms with E-state index in [2.05, 4.69) is 21.5 Å². The first kappa shape index (κ1) is 15.5. The van der Waals surface area contributed by atoms with Gasteiger partial charge in [-0.1, -0.05) is 11.6 Å². The van der Waals surface area contributed by atoms with Gasteiger partial charge >= 0.3 is 0 Å². The summed E-state index contributed by atoms with van der Waals surface area (Å²) >= 11 is 5.91. The predicted molar refractivity (Wildman–Crippen MR) is 92.8 cm³/mol. The lowest BCUT2D eigenvalue weighted by atomic mass is 10.0. The highest BCUT2D eigenvalue weighted by Crippen LogP contribution is 2.29. The van der Waals surface area contributed by atoms with E-state index in [0.717, 1.165) is 5.56 Å².